The van der Waals surface area contributed by atoms with Crippen molar-refractivity contribution in [1.82, 2.24) is 14.4 Å². The largest absolute Gasteiger partial charge is 0.340 e. The number of para-hydroxylation sites is 1. The number of amides is 2. The van der Waals surface area contributed by atoms with E-state index in [1.54, 1.807) is 0 Å². The summed E-state index contributed by atoms with van der Waals surface area (Å²) in [5.74, 6) is 0.659. The van der Waals surface area contributed by atoms with E-state index in [1.165, 1.54) is 37.7 Å². The highest BCUT2D eigenvalue weighted by Crippen LogP contribution is 2.38. The summed E-state index contributed by atoms with van der Waals surface area (Å²) in [7, 11) is 4.18. The van der Waals surface area contributed by atoms with Gasteiger partial charge in [0.15, 0.2) is 0 Å². The lowest BCUT2D eigenvalue weighted by Crippen LogP contribution is -2.36. The van der Waals surface area contributed by atoms with Crippen molar-refractivity contribution in [1.29, 1.82) is 0 Å². The third kappa shape index (κ3) is 4.45. The van der Waals surface area contributed by atoms with E-state index in [9.17, 15) is 9.59 Å². The number of fused-ring (bicyclic) bond motifs is 2. The highest BCUT2D eigenvalue weighted by molar-refractivity contribution is 6.06. The van der Waals surface area contributed by atoms with E-state index in [0.717, 1.165) is 47.6 Å². The van der Waals surface area contributed by atoms with Gasteiger partial charge in [-0.15, -0.1) is 0 Å². The molecule has 6 nitrogen and oxygen atoms in total. The van der Waals surface area contributed by atoms with Gasteiger partial charge in [0.05, 0.1) is 12.6 Å². The van der Waals surface area contributed by atoms with Gasteiger partial charge in [-0.2, -0.15) is 0 Å². The van der Waals surface area contributed by atoms with Gasteiger partial charge >= 0.3 is 0 Å². The molecule has 1 saturated carbocycles. The van der Waals surface area contributed by atoms with Crippen LogP contribution in [0.4, 0.5) is 5.69 Å². The molecule has 198 valence electrons. The molecule has 3 aromatic rings. The van der Waals surface area contributed by atoms with Crippen LogP contribution in [0.15, 0.2) is 60.7 Å². The molecule has 2 amide bonds. The van der Waals surface area contributed by atoms with Crippen molar-refractivity contribution < 1.29 is 9.59 Å². The predicted molar refractivity (Wildman–Crippen MR) is 150 cm³/mol. The third-order valence-electron chi connectivity index (χ3n) is 9.02. The molecular formula is C32H38N4O2. The lowest BCUT2D eigenvalue weighted by Gasteiger charge is -2.30. The van der Waals surface area contributed by atoms with Gasteiger partial charge in [0.2, 0.25) is 6.41 Å². The van der Waals surface area contributed by atoms with Crippen LogP contribution in [-0.2, 0) is 17.9 Å². The van der Waals surface area contributed by atoms with E-state index in [1.807, 2.05) is 34.1 Å². The van der Waals surface area contributed by atoms with Gasteiger partial charge in [-0.1, -0.05) is 49.6 Å². The average molecular weight is 511 g/mol. The number of carbonyl (C=O) groups excluding carboxylic acids is 2. The Balaban J connectivity index is 1.33. The summed E-state index contributed by atoms with van der Waals surface area (Å²) in [6.45, 7) is 1.94. The minimum atomic E-state index is -0.00186. The van der Waals surface area contributed by atoms with Crippen molar-refractivity contribution in [3.8, 4) is 0 Å². The second-order valence-electron chi connectivity index (χ2n) is 11.4. The molecule has 2 aliphatic heterocycles. The molecule has 1 aliphatic carbocycles. The number of nitrogens with zero attached hydrogens (tertiary/aromatic N) is 4. The molecule has 1 unspecified atom stereocenters. The monoisotopic (exact) mass is 510 g/mol. The van der Waals surface area contributed by atoms with Crippen molar-refractivity contribution in [2.45, 2.75) is 69.6 Å². The van der Waals surface area contributed by atoms with Crippen LogP contribution >= 0.6 is 0 Å². The van der Waals surface area contributed by atoms with Gasteiger partial charge < -0.3 is 19.3 Å². The van der Waals surface area contributed by atoms with Gasteiger partial charge in [0.1, 0.15) is 0 Å². The van der Waals surface area contributed by atoms with Crippen LogP contribution in [0.25, 0.3) is 0 Å². The fraction of sp³-hybridized carbons (Fsp3) is 0.438. The summed E-state index contributed by atoms with van der Waals surface area (Å²) in [5.41, 5.74) is 6.42. The maximum absolute atomic E-state index is 14.0. The Morgan fingerprint density at radius 3 is 2.39 bits per heavy atom. The normalized spacial score (nSPS) is 21.8. The first-order valence-corrected chi connectivity index (χ1v) is 14.1. The second-order valence-corrected chi connectivity index (χ2v) is 11.4. The first-order valence-electron chi connectivity index (χ1n) is 14.1. The molecule has 0 N–H and O–H groups in total. The number of anilines is 1. The van der Waals surface area contributed by atoms with E-state index in [-0.39, 0.29) is 18.0 Å². The lowest BCUT2D eigenvalue weighted by molar-refractivity contribution is -0.119. The van der Waals surface area contributed by atoms with Gasteiger partial charge in [-0.3, -0.25) is 9.59 Å². The van der Waals surface area contributed by atoms with Crippen LogP contribution in [0.3, 0.4) is 0 Å². The number of hydrogen-bond donors (Lipinski definition) is 0. The standard InChI is InChI=1S/C32H38N4O2/c1-33(2)29-18-19-34(22-37)31(29)30-17-16-27-21-36(28-11-7-6-10-26(28)20-35(27)30)32(38)25-14-12-24(13-15-25)23-8-4-3-5-9-23/h6-7,10-17,22-23,29,31H,3-5,8-9,18-21H2,1-2H3/t29-,31?/m1/s1. The molecule has 6 heteroatoms. The average Bonchev–Trinajstić information content (AvgIpc) is 3.51. The quantitative estimate of drug-likeness (QED) is 0.421. The van der Waals surface area contributed by atoms with Crippen molar-refractivity contribution in [2.24, 2.45) is 0 Å². The Morgan fingerprint density at radius 1 is 0.895 bits per heavy atom. The van der Waals surface area contributed by atoms with Gasteiger partial charge in [-0.05, 0) is 80.7 Å². The molecule has 1 saturated heterocycles. The number of rotatable bonds is 5. The van der Waals surface area contributed by atoms with E-state index in [4.69, 9.17) is 0 Å². The molecule has 2 fully saturated rings. The molecule has 38 heavy (non-hydrogen) atoms. The summed E-state index contributed by atoms with van der Waals surface area (Å²) in [4.78, 5) is 32.0. The molecule has 3 heterocycles. The fourth-order valence-corrected chi connectivity index (χ4v) is 6.94. The number of likely N-dealkylation sites (N-methyl/N-ethyl adjacent to an activating group) is 1. The molecule has 0 radical (unpaired) electrons. The zero-order valence-corrected chi connectivity index (χ0v) is 22.6. The minimum absolute atomic E-state index is 0.00186. The number of benzene rings is 2. The second kappa shape index (κ2) is 10.4. The van der Waals surface area contributed by atoms with Crippen LogP contribution in [0, 0.1) is 0 Å². The first kappa shape index (κ1) is 24.9. The summed E-state index contributed by atoms with van der Waals surface area (Å²) in [6, 6.07) is 21.2. The predicted octanol–water partition coefficient (Wildman–Crippen LogP) is 5.58. The number of aromatic nitrogens is 1. The highest BCUT2D eigenvalue weighted by atomic mass is 16.2. The van der Waals surface area contributed by atoms with Crippen molar-refractivity contribution in [2.75, 3.05) is 25.5 Å². The van der Waals surface area contributed by atoms with Gasteiger partial charge in [0, 0.05) is 41.8 Å². The zero-order valence-electron chi connectivity index (χ0n) is 22.6. The molecule has 0 bridgehead atoms. The molecule has 1 aromatic heterocycles. The van der Waals surface area contributed by atoms with E-state index < -0.39 is 0 Å². The minimum Gasteiger partial charge on any atom is -0.340 e. The maximum Gasteiger partial charge on any atom is 0.258 e. The van der Waals surface area contributed by atoms with Crippen LogP contribution < -0.4 is 4.90 Å². The summed E-state index contributed by atoms with van der Waals surface area (Å²) in [5, 5.41) is 0. The van der Waals surface area contributed by atoms with Crippen molar-refractivity contribution in [3.63, 3.8) is 0 Å². The Bertz CT molecular complexity index is 1310. The van der Waals surface area contributed by atoms with Crippen molar-refractivity contribution in [3.05, 3.63) is 88.7 Å². The topological polar surface area (TPSA) is 48.8 Å². The van der Waals surface area contributed by atoms with Crippen LogP contribution in [0.1, 0.15) is 83.4 Å². The van der Waals surface area contributed by atoms with E-state index >= 15 is 0 Å². The van der Waals surface area contributed by atoms with E-state index in [0.29, 0.717) is 19.0 Å². The Morgan fingerprint density at radius 2 is 1.66 bits per heavy atom. The maximum atomic E-state index is 14.0. The molecule has 0 spiro atoms. The van der Waals surface area contributed by atoms with Crippen LogP contribution in [0.5, 0.6) is 0 Å². The summed E-state index contributed by atoms with van der Waals surface area (Å²) < 4.78 is 2.33. The smallest absolute Gasteiger partial charge is 0.258 e. The van der Waals surface area contributed by atoms with Gasteiger partial charge in [-0.25, -0.2) is 0 Å². The number of likely N-dealkylation sites (tertiary alicyclic amines) is 1. The third-order valence-corrected chi connectivity index (χ3v) is 9.02. The molecular weight excluding hydrogens is 472 g/mol. The molecule has 2 atom stereocenters. The zero-order chi connectivity index (χ0) is 26.2. The fourth-order valence-electron chi connectivity index (χ4n) is 6.94. The van der Waals surface area contributed by atoms with Crippen LogP contribution in [0.2, 0.25) is 0 Å². The van der Waals surface area contributed by atoms with E-state index in [2.05, 4.69) is 60.0 Å². The highest BCUT2D eigenvalue weighted by Gasteiger charge is 2.39. The van der Waals surface area contributed by atoms with Crippen molar-refractivity contribution >= 4 is 18.0 Å². The summed E-state index contributed by atoms with van der Waals surface area (Å²) in [6.07, 6.45) is 8.40. The Labute approximate surface area is 225 Å². The lowest BCUT2D eigenvalue weighted by atomic mass is 9.84. The molecule has 2 aromatic carbocycles. The van der Waals surface area contributed by atoms with Crippen LogP contribution in [-0.4, -0.2) is 53.4 Å². The summed E-state index contributed by atoms with van der Waals surface area (Å²) >= 11 is 0. The molecule has 6 rings (SSSR count). The number of hydrogen-bond acceptors (Lipinski definition) is 3. The number of carbonyl (C=O) groups is 2. The van der Waals surface area contributed by atoms with Gasteiger partial charge in [0.25, 0.3) is 5.91 Å². The Hall–Kier alpha value is -3.38. The molecule has 3 aliphatic rings. The Kier molecular flexibility index (Phi) is 6.83. The first-order chi connectivity index (χ1) is 18.5. The SMILES string of the molecule is CN(C)[C@@H]1CCN(C=O)C1c1ccc2n1Cc1ccccc1N(C(=O)c1ccc(C3CCCCC3)cc1)C2.